The highest BCUT2D eigenvalue weighted by Gasteiger charge is 2.33. The van der Waals surface area contributed by atoms with Crippen molar-refractivity contribution in [2.24, 2.45) is 5.92 Å². The summed E-state index contributed by atoms with van der Waals surface area (Å²) in [5.41, 5.74) is 0. The molecule has 2 unspecified atom stereocenters. The number of fused-ring (bicyclic) bond motifs is 1. The summed E-state index contributed by atoms with van der Waals surface area (Å²) >= 11 is 0. The first-order valence-electron chi connectivity index (χ1n) is 8.05. The SMILES string of the molecule is CC[C@H](C)[C@H](NC(=O)NC1CCN2CCCC2C1)C(=O)O. The third kappa shape index (κ3) is 4.09. The summed E-state index contributed by atoms with van der Waals surface area (Å²) in [6.45, 7) is 5.98. The normalized spacial score (nSPS) is 28.5. The number of hydrogen-bond acceptors (Lipinski definition) is 3. The van der Waals surface area contributed by atoms with Crippen molar-refractivity contribution >= 4 is 12.0 Å². The van der Waals surface area contributed by atoms with Crippen LogP contribution in [0.3, 0.4) is 0 Å². The molecule has 6 heteroatoms. The van der Waals surface area contributed by atoms with E-state index in [0.29, 0.717) is 6.04 Å². The van der Waals surface area contributed by atoms with E-state index in [9.17, 15) is 14.7 Å². The third-order valence-electron chi connectivity index (χ3n) is 4.92. The first-order valence-corrected chi connectivity index (χ1v) is 8.05. The molecule has 6 nitrogen and oxygen atoms in total. The summed E-state index contributed by atoms with van der Waals surface area (Å²) < 4.78 is 0. The number of piperidine rings is 1. The number of hydrogen-bond donors (Lipinski definition) is 3. The monoisotopic (exact) mass is 297 g/mol. The summed E-state index contributed by atoms with van der Waals surface area (Å²) in [5.74, 6) is -1.05. The van der Waals surface area contributed by atoms with Crippen LogP contribution in [-0.2, 0) is 4.79 Å². The second kappa shape index (κ2) is 7.11. The van der Waals surface area contributed by atoms with E-state index in [4.69, 9.17) is 0 Å². The maximum atomic E-state index is 12.0. The molecule has 2 fully saturated rings. The molecule has 0 aromatic carbocycles. The molecule has 0 spiro atoms. The fourth-order valence-electron chi connectivity index (χ4n) is 3.41. The molecule has 2 aliphatic heterocycles. The van der Waals surface area contributed by atoms with Gasteiger partial charge in [0.25, 0.3) is 0 Å². The van der Waals surface area contributed by atoms with Gasteiger partial charge in [-0.1, -0.05) is 20.3 Å². The van der Waals surface area contributed by atoms with Crippen LogP contribution in [0, 0.1) is 5.92 Å². The van der Waals surface area contributed by atoms with Gasteiger partial charge in [-0.15, -0.1) is 0 Å². The topological polar surface area (TPSA) is 81.7 Å². The van der Waals surface area contributed by atoms with Gasteiger partial charge in [0, 0.05) is 18.6 Å². The molecule has 21 heavy (non-hydrogen) atoms. The van der Waals surface area contributed by atoms with E-state index in [1.165, 1.54) is 19.4 Å². The van der Waals surface area contributed by atoms with E-state index < -0.39 is 12.0 Å². The van der Waals surface area contributed by atoms with Gasteiger partial charge in [0.05, 0.1) is 0 Å². The van der Waals surface area contributed by atoms with Crippen molar-refractivity contribution in [3.63, 3.8) is 0 Å². The number of urea groups is 1. The Kier molecular flexibility index (Phi) is 5.45. The third-order valence-corrected chi connectivity index (χ3v) is 4.92. The second-order valence-corrected chi connectivity index (χ2v) is 6.37. The predicted molar refractivity (Wildman–Crippen MR) is 80.2 cm³/mol. The summed E-state index contributed by atoms with van der Waals surface area (Å²) in [6.07, 6.45) is 5.11. The maximum absolute atomic E-state index is 12.0. The Hall–Kier alpha value is -1.30. The molecule has 0 aromatic heterocycles. The van der Waals surface area contributed by atoms with Crippen LogP contribution in [0.2, 0.25) is 0 Å². The van der Waals surface area contributed by atoms with E-state index >= 15 is 0 Å². The Bertz CT molecular complexity index is 388. The first-order chi connectivity index (χ1) is 10.0. The van der Waals surface area contributed by atoms with Crippen molar-refractivity contribution in [1.82, 2.24) is 15.5 Å². The number of nitrogens with zero attached hydrogens (tertiary/aromatic N) is 1. The van der Waals surface area contributed by atoms with E-state index in [2.05, 4.69) is 15.5 Å². The molecule has 2 aliphatic rings. The molecule has 0 bridgehead atoms. The predicted octanol–water partition coefficient (Wildman–Crippen LogP) is 1.41. The van der Waals surface area contributed by atoms with Gasteiger partial charge < -0.3 is 20.6 Å². The van der Waals surface area contributed by atoms with E-state index in [0.717, 1.165) is 25.8 Å². The van der Waals surface area contributed by atoms with Gasteiger partial charge in [-0.05, 0) is 38.1 Å². The van der Waals surface area contributed by atoms with Crippen LogP contribution < -0.4 is 10.6 Å². The average molecular weight is 297 g/mol. The number of amides is 2. The highest BCUT2D eigenvalue weighted by molar-refractivity contribution is 5.82. The van der Waals surface area contributed by atoms with Gasteiger partial charge in [-0.3, -0.25) is 0 Å². The van der Waals surface area contributed by atoms with E-state index in [-0.39, 0.29) is 18.0 Å². The van der Waals surface area contributed by atoms with Crippen molar-refractivity contribution in [3.05, 3.63) is 0 Å². The Morgan fingerprint density at radius 3 is 2.76 bits per heavy atom. The van der Waals surface area contributed by atoms with Crippen molar-refractivity contribution < 1.29 is 14.7 Å². The average Bonchev–Trinajstić information content (AvgIpc) is 2.91. The van der Waals surface area contributed by atoms with E-state index in [1.54, 1.807) is 0 Å². The molecule has 0 radical (unpaired) electrons. The molecular formula is C15H27N3O3. The molecule has 2 heterocycles. The number of aliphatic carboxylic acids is 1. The van der Waals surface area contributed by atoms with Gasteiger partial charge in [-0.25, -0.2) is 9.59 Å². The van der Waals surface area contributed by atoms with Crippen LogP contribution in [-0.4, -0.2) is 53.2 Å². The van der Waals surface area contributed by atoms with Crippen molar-refractivity contribution in [2.45, 2.75) is 64.1 Å². The van der Waals surface area contributed by atoms with Crippen LogP contribution in [0.25, 0.3) is 0 Å². The minimum Gasteiger partial charge on any atom is -0.480 e. The minimum absolute atomic E-state index is 0.0788. The Morgan fingerprint density at radius 1 is 1.33 bits per heavy atom. The van der Waals surface area contributed by atoms with Crippen molar-refractivity contribution in [2.75, 3.05) is 13.1 Å². The molecule has 0 aromatic rings. The highest BCUT2D eigenvalue weighted by atomic mass is 16.4. The summed E-state index contributed by atoms with van der Waals surface area (Å²) in [6, 6.07) is -0.412. The zero-order chi connectivity index (χ0) is 15.4. The lowest BCUT2D eigenvalue weighted by molar-refractivity contribution is -0.140. The zero-order valence-electron chi connectivity index (χ0n) is 13.0. The highest BCUT2D eigenvalue weighted by Crippen LogP contribution is 2.26. The maximum Gasteiger partial charge on any atom is 0.326 e. The van der Waals surface area contributed by atoms with Crippen molar-refractivity contribution in [1.29, 1.82) is 0 Å². The second-order valence-electron chi connectivity index (χ2n) is 6.37. The lowest BCUT2D eigenvalue weighted by atomic mass is 9.97. The van der Waals surface area contributed by atoms with Gasteiger partial charge in [-0.2, -0.15) is 0 Å². The fraction of sp³-hybridized carbons (Fsp3) is 0.867. The molecule has 3 N–H and O–H groups in total. The smallest absolute Gasteiger partial charge is 0.326 e. The molecule has 4 atom stereocenters. The van der Waals surface area contributed by atoms with Crippen LogP contribution in [0.1, 0.15) is 46.0 Å². The summed E-state index contributed by atoms with van der Waals surface area (Å²) in [5, 5.41) is 14.8. The van der Waals surface area contributed by atoms with Gasteiger partial charge in [0.2, 0.25) is 0 Å². The minimum atomic E-state index is -0.967. The standard InChI is InChI=1S/C15H27N3O3/c1-3-10(2)13(14(19)20)17-15(21)16-11-6-8-18-7-4-5-12(18)9-11/h10-13H,3-9H2,1-2H3,(H,19,20)(H2,16,17,21)/t10-,11?,12?,13-/m0/s1. The van der Waals surface area contributed by atoms with Crippen LogP contribution in [0.15, 0.2) is 0 Å². The molecule has 2 rings (SSSR count). The number of carboxylic acid groups (broad SMARTS) is 1. The Morgan fingerprint density at radius 2 is 2.10 bits per heavy atom. The Labute approximate surface area is 126 Å². The molecular weight excluding hydrogens is 270 g/mol. The lowest BCUT2D eigenvalue weighted by Crippen LogP contribution is -2.54. The molecule has 2 saturated heterocycles. The first kappa shape index (κ1) is 16.1. The largest absolute Gasteiger partial charge is 0.480 e. The van der Waals surface area contributed by atoms with Crippen LogP contribution >= 0.6 is 0 Å². The van der Waals surface area contributed by atoms with Gasteiger partial charge in [0.1, 0.15) is 6.04 Å². The van der Waals surface area contributed by atoms with Crippen LogP contribution in [0.5, 0.6) is 0 Å². The fourth-order valence-corrected chi connectivity index (χ4v) is 3.41. The van der Waals surface area contributed by atoms with Crippen LogP contribution in [0.4, 0.5) is 4.79 Å². The molecule has 0 aliphatic carbocycles. The number of rotatable bonds is 5. The van der Waals surface area contributed by atoms with Gasteiger partial charge in [0.15, 0.2) is 0 Å². The quantitative estimate of drug-likeness (QED) is 0.716. The van der Waals surface area contributed by atoms with Crippen molar-refractivity contribution in [3.8, 4) is 0 Å². The number of nitrogens with one attached hydrogen (secondary N) is 2. The molecule has 0 saturated carbocycles. The molecule has 120 valence electrons. The molecule has 2 amide bonds. The number of carboxylic acids is 1. The van der Waals surface area contributed by atoms with Gasteiger partial charge >= 0.3 is 12.0 Å². The zero-order valence-corrected chi connectivity index (χ0v) is 13.0. The number of carbonyl (C=O) groups excluding carboxylic acids is 1. The Balaban J connectivity index is 1.82. The summed E-state index contributed by atoms with van der Waals surface area (Å²) in [4.78, 5) is 25.8. The number of carbonyl (C=O) groups is 2. The van der Waals surface area contributed by atoms with E-state index in [1.807, 2.05) is 13.8 Å². The summed E-state index contributed by atoms with van der Waals surface area (Å²) in [7, 11) is 0. The lowest BCUT2D eigenvalue weighted by Gasteiger charge is -2.35.